The van der Waals surface area contributed by atoms with Crippen LogP contribution in [0.25, 0.3) is 0 Å². The Kier molecular flexibility index (Phi) is 2.44. The second-order valence-corrected chi connectivity index (χ2v) is 5.30. The summed E-state index contributed by atoms with van der Waals surface area (Å²) in [5, 5.41) is -0.620. The summed E-state index contributed by atoms with van der Waals surface area (Å²) >= 11 is 0. The summed E-state index contributed by atoms with van der Waals surface area (Å²) in [5.74, 6) is 0.675. The van der Waals surface area contributed by atoms with E-state index in [2.05, 4.69) is 0 Å². The fourth-order valence-corrected chi connectivity index (χ4v) is 2.73. The SMILES string of the molecule is COc1ccc([C@@H]2C[C@@H]2S(=O)(=O)O)cc1. The smallest absolute Gasteiger partial charge is 0.268 e. The average molecular weight is 228 g/mol. The van der Waals surface area contributed by atoms with Gasteiger partial charge in [0, 0.05) is 5.92 Å². The maximum absolute atomic E-state index is 10.8. The van der Waals surface area contributed by atoms with Crippen LogP contribution >= 0.6 is 0 Å². The van der Waals surface area contributed by atoms with Crippen molar-refractivity contribution < 1.29 is 17.7 Å². The zero-order chi connectivity index (χ0) is 11.1. The second-order valence-electron chi connectivity index (χ2n) is 3.67. The van der Waals surface area contributed by atoms with Gasteiger partial charge in [0.15, 0.2) is 0 Å². The molecule has 1 fully saturated rings. The third-order valence-corrected chi connectivity index (χ3v) is 3.94. The van der Waals surface area contributed by atoms with E-state index in [0.29, 0.717) is 6.42 Å². The zero-order valence-electron chi connectivity index (χ0n) is 8.25. The van der Waals surface area contributed by atoms with Gasteiger partial charge in [0.1, 0.15) is 5.75 Å². The van der Waals surface area contributed by atoms with Crippen LogP contribution in [0.2, 0.25) is 0 Å². The Morgan fingerprint density at radius 3 is 2.33 bits per heavy atom. The van der Waals surface area contributed by atoms with Crippen molar-refractivity contribution in [3.8, 4) is 5.75 Å². The minimum atomic E-state index is -3.87. The second kappa shape index (κ2) is 3.50. The lowest BCUT2D eigenvalue weighted by Crippen LogP contribution is -2.05. The molecule has 15 heavy (non-hydrogen) atoms. The van der Waals surface area contributed by atoms with Gasteiger partial charge in [-0.3, -0.25) is 4.55 Å². The highest BCUT2D eigenvalue weighted by atomic mass is 32.2. The molecule has 1 aliphatic carbocycles. The Balaban J connectivity index is 2.14. The third kappa shape index (κ3) is 2.13. The molecular formula is C10H12O4S. The highest BCUT2D eigenvalue weighted by Crippen LogP contribution is 2.45. The summed E-state index contributed by atoms with van der Waals surface area (Å²) in [6.07, 6.45) is 0.505. The lowest BCUT2D eigenvalue weighted by molar-refractivity contribution is 0.414. The van der Waals surface area contributed by atoms with Crippen molar-refractivity contribution in [2.75, 3.05) is 7.11 Å². The Morgan fingerprint density at radius 2 is 1.93 bits per heavy atom. The van der Waals surface area contributed by atoms with Crippen LogP contribution in [-0.2, 0) is 10.1 Å². The van der Waals surface area contributed by atoms with Gasteiger partial charge in [0.25, 0.3) is 10.1 Å². The molecule has 2 atom stereocenters. The van der Waals surface area contributed by atoms with Gasteiger partial charge in [-0.05, 0) is 24.1 Å². The molecule has 1 aliphatic rings. The number of ether oxygens (including phenoxy) is 1. The molecule has 1 aromatic rings. The summed E-state index contributed by atoms with van der Waals surface area (Å²) in [7, 11) is -2.30. The fraction of sp³-hybridized carbons (Fsp3) is 0.400. The minimum absolute atomic E-state index is 0.0640. The largest absolute Gasteiger partial charge is 0.497 e. The molecule has 0 heterocycles. The van der Waals surface area contributed by atoms with E-state index >= 15 is 0 Å². The van der Waals surface area contributed by atoms with Gasteiger partial charge in [-0.15, -0.1) is 0 Å². The van der Waals surface area contributed by atoms with Gasteiger partial charge in [-0.1, -0.05) is 12.1 Å². The van der Waals surface area contributed by atoms with E-state index in [4.69, 9.17) is 9.29 Å². The molecule has 1 N–H and O–H groups in total. The van der Waals surface area contributed by atoms with Crippen molar-refractivity contribution in [3.63, 3.8) is 0 Å². The first-order chi connectivity index (χ1) is 7.02. The molecule has 0 radical (unpaired) electrons. The van der Waals surface area contributed by atoms with Crippen molar-refractivity contribution >= 4 is 10.1 Å². The van der Waals surface area contributed by atoms with Gasteiger partial charge in [0.05, 0.1) is 12.4 Å². The van der Waals surface area contributed by atoms with Crippen molar-refractivity contribution in [2.24, 2.45) is 0 Å². The molecule has 82 valence electrons. The van der Waals surface area contributed by atoms with Gasteiger partial charge >= 0.3 is 0 Å². The van der Waals surface area contributed by atoms with Gasteiger partial charge < -0.3 is 4.74 Å². The van der Waals surface area contributed by atoms with Crippen LogP contribution in [0.3, 0.4) is 0 Å². The summed E-state index contributed by atoms with van der Waals surface area (Å²) in [6, 6.07) is 7.23. The van der Waals surface area contributed by atoms with Crippen molar-refractivity contribution in [1.29, 1.82) is 0 Å². The predicted octanol–water partition coefficient (Wildman–Crippen LogP) is 1.44. The van der Waals surface area contributed by atoms with Crippen LogP contribution in [0.1, 0.15) is 17.9 Å². The van der Waals surface area contributed by atoms with E-state index in [-0.39, 0.29) is 5.92 Å². The molecule has 0 unspecified atom stereocenters. The number of rotatable bonds is 3. The van der Waals surface area contributed by atoms with Crippen LogP contribution in [0.4, 0.5) is 0 Å². The van der Waals surface area contributed by atoms with E-state index in [9.17, 15) is 8.42 Å². The van der Waals surface area contributed by atoms with E-state index in [1.54, 1.807) is 19.2 Å². The Morgan fingerprint density at radius 1 is 1.33 bits per heavy atom. The monoisotopic (exact) mass is 228 g/mol. The Hall–Kier alpha value is -1.07. The molecule has 2 rings (SSSR count). The lowest BCUT2D eigenvalue weighted by Gasteiger charge is -2.01. The first-order valence-corrected chi connectivity index (χ1v) is 6.13. The summed E-state index contributed by atoms with van der Waals surface area (Å²) in [4.78, 5) is 0. The van der Waals surface area contributed by atoms with Crippen LogP contribution < -0.4 is 4.74 Å². The first kappa shape index (κ1) is 10.4. The number of benzene rings is 1. The van der Waals surface area contributed by atoms with Crippen LogP contribution in [0.15, 0.2) is 24.3 Å². The predicted molar refractivity (Wildman–Crippen MR) is 55.7 cm³/mol. The van der Waals surface area contributed by atoms with Crippen LogP contribution in [0, 0.1) is 0 Å². The summed E-state index contributed by atoms with van der Waals surface area (Å²) < 4.78 is 35.5. The molecular weight excluding hydrogens is 216 g/mol. The third-order valence-electron chi connectivity index (χ3n) is 2.66. The average Bonchev–Trinajstić information content (AvgIpc) is 2.97. The molecule has 4 nitrogen and oxygen atoms in total. The lowest BCUT2D eigenvalue weighted by atomic mass is 10.1. The van der Waals surface area contributed by atoms with E-state index < -0.39 is 15.4 Å². The van der Waals surface area contributed by atoms with E-state index in [1.165, 1.54) is 0 Å². The Labute approximate surface area is 88.6 Å². The number of hydrogen-bond donors (Lipinski definition) is 1. The van der Waals surface area contributed by atoms with Crippen LogP contribution in [-0.4, -0.2) is 25.3 Å². The molecule has 0 spiro atoms. The van der Waals surface area contributed by atoms with Crippen molar-refractivity contribution in [3.05, 3.63) is 29.8 Å². The van der Waals surface area contributed by atoms with Crippen molar-refractivity contribution in [1.82, 2.24) is 0 Å². The number of methoxy groups -OCH3 is 1. The quantitative estimate of drug-likeness (QED) is 0.795. The molecule has 0 amide bonds. The molecule has 1 saturated carbocycles. The summed E-state index contributed by atoms with van der Waals surface area (Å²) in [5.41, 5.74) is 0.929. The van der Waals surface area contributed by atoms with E-state index in [1.807, 2.05) is 12.1 Å². The minimum Gasteiger partial charge on any atom is -0.497 e. The fourth-order valence-electron chi connectivity index (χ4n) is 1.70. The zero-order valence-corrected chi connectivity index (χ0v) is 9.07. The highest BCUT2D eigenvalue weighted by molar-refractivity contribution is 7.86. The van der Waals surface area contributed by atoms with Gasteiger partial charge in [0.2, 0.25) is 0 Å². The first-order valence-electron chi connectivity index (χ1n) is 4.62. The van der Waals surface area contributed by atoms with Crippen molar-refractivity contribution in [2.45, 2.75) is 17.6 Å². The normalized spacial score (nSPS) is 24.9. The summed E-state index contributed by atoms with van der Waals surface area (Å²) in [6.45, 7) is 0. The van der Waals surface area contributed by atoms with Gasteiger partial charge in [-0.25, -0.2) is 0 Å². The maximum atomic E-state index is 10.8. The standard InChI is InChI=1S/C10H12O4S/c1-14-8-4-2-7(3-5-8)9-6-10(9)15(11,12)13/h2-5,9-10H,6H2,1H3,(H,11,12,13)/t9-,10-/m0/s1. The molecule has 0 aliphatic heterocycles. The molecule has 0 bridgehead atoms. The molecule has 1 aromatic carbocycles. The molecule has 0 saturated heterocycles. The van der Waals surface area contributed by atoms with Crippen LogP contribution in [0.5, 0.6) is 5.75 Å². The number of hydrogen-bond acceptors (Lipinski definition) is 3. The maximum Gasteiger partial charge on any atom is 0.268 e. The molecule has 0 aromatic heterocycles. The highest BCUT2D eigenvalue weighted by Gasteiger charge is 2.47. The molecule has 5 heteroatoms. The topological polar surface area (TPSA) is 63.6 Å². The van der Waals surface area contributed by atoms with E-state index in [0.717, 1.165) is 11.3 Å². The Bertz CT molecular complexity index is 449. The van der Waals surface area contributed by atoms with Gasteiger partial charge in [-0.2, -0.15) is 8.42 Å².